The van der Waals surface area contributed by atoms with Crippen molar-refractivity contribution in [1.29, 1.82) is 0 Å². The summed E-state index contributed by atoms with van der Waals surface area (Å²) < 4.78 is 46.1. The van der Waals surface area contributed by atoms with Crippen LogP contribution in [0.25, 0.3) is 0 Å². The summed E-state index contributed by atoms with van der Waals surface area (Å²) in [6, 6.07) is 10.2. The number of anilines is 1. The number of rotatable bonds is 5. The highest BCUT2D eigenvalue weighted by atomic mass is 79.9. The molecule has 2 saturated heterocycles. The molecular formula is C37H32BrCl2F3N4O6. The molecule has 3 aromatic rings. The van der Waals surface area contributed by atoms with E-state index >= 15 is 4.79 Å². The van der Waals surface area contributed by atoms with Crippen molar-refractivity contribution >= 4 is 68.6 Å². The average molecular weight is 836 g/mol. The summed E-state index contributed by atoms with van der Waals surface area (Å²) in [6.45, 7) is 5.31. The normalized spacial score (nSPS) is 27.1. The van der Waals surface area contributed by atoms with Crippen LogP contribution in [-0.4, -0.2) is 56.3 Å². The molecule has 4 aliphatic rings. The smallest absolute Gasteiger partial charge is 0.417 e. The van der Waals surface area contributed by atoms with E-state index in [0.29, 0.717) is 34.0 Å². The molecule has 6 atom stereocenters. The van der Waals surface area contributed by atoms with Crippen LogP contribution in [0.15, 0.2) is 64.8 Å². The van der Waals surface area contributed by atoms with Gasteiger partial charge in [0.25, 0.3) is 11.8 Å². The number of methoxy groups -OCH3 is 1. The van der Waals surface area contributed by atoms with Crippen LogP contribution in [0.1, 0.15) is 56.2 Å². The number of hydrogen-bond acceptors (Lipinski definition) is 8. The van der Waals surface area contributed by atoms with Crippen LogP contribution in [0.4, 0.5) is 19.0 Å². The van der Waals surface area contributed by atoms with E-state index in [2.05, 4.69) is 26.3 Å². The molecule has 2 aromatic carbocycles. The maximum absolute atomic E-state index is 15.3. The van der Waals surface area contributed by atoms with Crippen molar-refractivity contribution in [3.8, 4) is 11.5 Å². The van der Waals surface area contributed by atoms with Gasteiger partial charge in [0.15, 0.2) is 17.3 Å². The maximum atomic E-state index is 15.3. The number of ether oxygens (including phenoxy) is 1. The van der Waals surface area contributed by atoms with Crippen LogP contribution >= 0.6 is 39.1 Å². The molecule has 1 saturated carbocycles. The molecule has 10 nitrogen and oxygen atoms in total. The summed E-state index contributed by atoms with van der Waals surface area (Å²) in [6.07, 6.45) is -2.18. The van der Waals surface area contributed by atoms with Crippen molar-refractivity contribution in [2.24, 2.45) is 23.7 Å². The zero-order valence-corrected chi connectivity index (χ0v) is 31.7. The van der Waals surface area contributed by atoms with Crippen LogP contribution in [-0.2, 0) is 30.8 Å². The van der Waals surface area contributed by atoms with Crippen LogP contribution in [0.2, 0.25) is 10.0 Å². The number of benzene rings is 2. The van der Waals surface area contributed by atoms with Crippen molar-refractivity contribution in [3.63, 3.8) is 0 Å². The molecule has 4 amide bonds. The second kappa shape index (κ2) is 12.7. The van der Waals surface area contributed by atoms with E-state index in [9.17, 15) is 32.7 Å². The Hall–Kier alpha value is -4.14. The lowest BCUT2D eigenvalue weighted by Gasteiger charge is -2.50. The first-order chi connectivity index (χ1) is 24.8. The van der Waals surface area contributed by atoms with Crippen molar-refractivity contribution in [3.05, 3.63) is 91.5 Å². The molecule has 16 heteroatoms. The number of nitrogens with one attached hydrogen (secondary N) is 1. The van der Waals surface area contributed by atoms with Crippen molar-refractivity contribution in [2.45, 2.75) is 56.7 Å². The first-order valence-electron chi connectivity index (χ1n) is 16.6. The number of aromatic nitrogens is 1. The van der Waals surface area contributed by atoms with E-state index in [1.165, 1.54) is 12.0 Å². The van der Waals surface area contributed by atoms with Gasteiger partial charge in [-0.2, -0.15) is 18.2 Å². The topological polar surface area (TPSA) is 129 Å². The lowest BCUT2D eigenvalue weighted by molar-refractivity contribution is -0.146. The van der Waals surface area contributed by atoms with Crippen LogP contribution < -0.4 is 10.2 Å². The van der Waals surface area contributed by atoms with E-state index < -0.39 is 69.1 Å². The predicted octanol–water partition coefficient (Wildman–Crippen LogP) is 7.67. The Kier molecular flexibility index (Phi) is 8.93. The summed E-state index contributed by atoms with van der Waals surface area (Å²) in [5.41, 5.74) is 0.381. The Bertz CT molecular complexity index is 2120. The SMILES string of the molecule is COc1cc(C2C3=CCC4C(=O)N(C(C)(C)C)C(=O)C4C3CC3C(=O)N(Nc4ncc(C(F)(F)F)cc4Cl)C(=O)C32c2ccc(Cl)cc2)cc(Br)c1O. The molecule has 0 bridgehead atoms. The number of amides is 4. The maximum Gasteiger partial charge on any atom is 0.417 e. The molecule has 6 unspecified atom stereocenters. The van der Waals surface area contributed by atoms with E-state index in [1.54, 1.807) is 57.2 Å². The first-order valence-corrected chi connectivity index (χ1v) is 18.1. The number of imide groups is 2. The third kappa shape index (κ3) is 5.62. The van der Waals surface area contributed by atoms with Gasteiger partial charge in [-0.15, -0.1) is 0 Å². The minimum atomic E-state index is -4.75. The molecular weight excluding hydrogens is 804 g/mol. The number of alkyl halides is 3. The van der Waals surface area contributed by atoms with Gasteiger partial charge < -0.3 is 9.84 Å². The zero-order chi connectivity index (χ0) is 38.5. The highest BCUT2D eigenvalue weighted by molar-refractivity contribution is 9.10. The number of hydrazine groups is 1. The quantitative estimate of drug-likeness (QED) is 0.198. The molecule has 2 N–H and O–H groups in total. The first kappa shape index (κ1) is 37.2. The van der Waals surface area contributed by atoms with E-state index in [1.807, 2.05) is 6.08 Å². The molecule has 0 radical (unpaired) electrons. The molecule has 1 aromatic heterocycles. The number of carbonyl (C=O) groups excluding carboxylic acids is 4. The Balaban J connectivity index is 1.47. The number of fused-ring (bicyclic) bond motifs is 4. The molecule has 0 spiro atoms. The van der Waals surface area contributed by atoms with Gasteiger partial charge in [-0.1, -0.05) is 47.0 Å². The third-order valence-corrected chi connectivity index (χ3v) is 12.0. The molecule has 2 aliphatic carbocycles. The Morgan fingerprint density at radius 3 is 2.28 bits per heavy atom. The second-order valence-corrected chi connectivity index (χ2v) is 16.4. The number of phenols is 1. The van der Waals surface area contributed by atoms with Gasteiger partial charge in [-0.3, -0.25) is 29.5 Å². The molecule has 278 valence electrons. The highest BCUT2D eigenvalue weighted by Crippen LogP contribution is 2.65. The van der Waals surface area contributed by atoms with Gasteiger partial charge in [0.2, 0.25) is 11.8 Å². The van der Waals surface area contributed by atoms with Gasteiger partial charge in [-0.25, -0.2) is 4.98 Å². The minimum absolute atomic E-state index is 0.0313. The van der Waals surface area contributed by atoms with Crippen molar-refractivity contribution in [1.82, 2.24) is 14.9 Å². The van der Waals surface area contributed by atoms with Gasteiger partial charge in [0, 0.05) is 22.7 Å². The van der Waals surface area contributed by atoms with Crippen LogP contribution in [0.3, 0.4) is 0 Å². The number of aromatic hydroxyl groups is 1. The number of hydrogen-bond donors (Lipinski definition) is 2. The Morgan fingerprint density at radius 2 is 1.68 bits per heavy atom. The van der Waals surface area contributed by atoms with Crippen LogP contribution in [0, 0.1) is 23.7 Å². The van der Waals surface area contributed by atoms with Crippen molar-refractivity contribution < 1.29 is 42.2 Å². The van der Waals surface area contributed by atoms with Crippen molar-refractivity contribution in [2.75, 3.05) is 12.5 Å². The Morgan fingerprint density at radius 1 is 1.00 bits per heavy atom. The third-order valence-electron chi connectivity index (χ3n) is 10.8. The molecule has 3 heterocycles. The Labute approximate surface area is 320 Å². The van der Waals surface area contributed by atoms with Gasteiger partial charge in [-0.05, 0) is 96.9 Å². The summed E-state index contributed by atoms with van der Waals surface area (Å²) in [7, 11) is 1.36. The van der Waals surface area contributed by atoms with Gasteiger partial charge >= 0.3 is 6.18 Å². The molecule has 3 fully saturated rings. The summed E-state index contributed by atoms with van der Waals surface area (Å²) in [4.78, 5) is 63.3. The van der Waals surface area contributed by atoms with Gasteiger partial charge in [0.1, 0.15) is 0 Å². The monoisotopic (exact) mass is 834 g/mol. The molecule has 2 aliphatic heterocycles. The number of halogens is 6. The number of phenolic OH excluding ortho intramolecular Hbond substituents is 1. The van der Waals surface area contributed by atoms with E-state index in [0.717, 1.165) is 5.01 Å². The fourth-order valence-electron chi connectivity index (χ4n) is 8.73. The predicted molar refractivity (Wildman–Crippen MR) is 191 cm³/mol. The molecule has 7 rings (SSSR count). The minimum Gasteiger partial charge on any atom is -0.503 e. The van der Waals surface area contributed by atoms with E-state index in [4.69, 9.17) is 27.9 Å². The number of pyridine rings is 1. The second-order valence-electron chi connectivity index (χ2n) is 14.7. The standard InChI is InChI=1S/C37H32BrCl2F3N4O6/c1-35(2,3)46-31(49)21-10-9-20-22(27(21)33(46)51)14-23-32(50)47(45-30-25(40)13-18(15-44-30)37(41,42)43)34(52)36(23,17-5-7-19(39)8-6-17)28(20)16-11-24(38)29(48)26(12-16)53-4/h5-9,11-13,15,21-23,27-28,48H,10,14H2,1-4H3,(H,44,45). The fraction of sp³-hybridized carbons (Fsp3) is 0.378. The summed E-state index contributed by atoms with van der Waals surface area (Å²) in [5, 5.41) is 11.4. The summed E-state index contributed by atoms with van der Waals surface area (Å²) >= 11 is 16.0. The number of nitrogens with zero attached hydrogens (tertiary/aromatic N) is 3. The highest BCUT2D eigenvalue weighted by Gasteiger charge is 2.70. The fourth-order valence-corrected chi connectivity index (χ4v) is 9.53. The number of likely N-dealkylation sites (tertiary alicyclic amines) is 1. The summed E-state index contributed by atoms with van der Waals surface area (Å²) in [5.74, 6) is -7.14. The van der Waals surface area contributed by atoms with E-state index in [-0.39, 0.29) is 46.4 Å². The van der Waals surface area contributed by atoms with Gasteiger partial charge in [0.05, 0.1) is 45.3 Å². The number of allylic oxidation sites excluding steroid dienone is 2. The lowest BCUT2D eigenvalue weighted by atomic mass is 9.49. The average Bonchev–Trinajstić information content (AvgIpc) is 3.47. The number of carbonyl (C=O) groups is 4. The lowest BCUT2D eigenvalue weighted by Crippen LogP contribution is -2.53. The largest absolute Gasteiger partial charge is 0.503 e. The van der Waals surface area contributed by atoms with Crippen LogP contribution in [0.5, 0.6) is 11.5 Å². The zero-order valence-electron chi connectivity index (χ0n) is 28.6. The molecule has 53 heavy (non-hydrogen) atoms.